The van der Waals surface area contributed by atoms with Gasteiger partial charge >= 0.3 is 6.09 Å². The molecule has 0 radical (unpaired) electrons. The molecule has 2 atom stereocenters. The van der Waals surface area contributed by atoms with Crippen LogP contribution in [0.25, 0.3) is 10.9 Å². The summed E-state index contributed by atoms with van der Waals surface area (Å²) in [6.07, 6.45) is 2.62. The number of hydrogen-bond donors (Lipinski definition) is 2. The molecule has 1 saturated carbocycles. The Morgan fingerprint density at radius 1 is 1.30 bits per heavy atom. The van der Waals surface area contributed by atoms with E-state index in [4.69, 9.17) is 4.74 Å². The summed E-state index contributed by atoms with van der Waals surface area (Å²) in [5.74, 6) is -0.0354. The molecule has 1 aliphatic heterocycles. The molecule has 33 heavy (non-hydrogen) atoms. The van der Waals surface area contributed by atoms with Crippen molar-refractivity contribution in [1.82, 2.24) is 14.9 Å². The van der Waals surface area contributed by atoms with E-state index in [-0.39, 0.29) is 29.7 Å². The maximum absolute atomic E-state index is 14.6. The zero-order valence-electron chi connectivity index (χ0n) is 19.1. The number of likely N-dealkylation sites (tertiary alicyclic amines) is 1. The van der Waals surface area contributed by atoms with Crippen molar-refractivity contribution >= 4 is 34.4 Å². The molecule has 1 aromatic heterocycles. The Balaban J connectivity index is 1.45. The molecule has 4 rings (SSSR count). The number of anilines is 1. The van der Waals surface area contributed by atoms with Crippen LogP contribution in [-0.4, -0.2) is 57.1 Å². The molecule has 2 fully saturated rings. The summed E-state index contributed by atoms with van der Waals surface area (Å²) in [5, 5.41) is 2.78. The molecule has 1 aliphatic carbocycles. The van der Waals surface area contributed by atoms with Gasteiger partial charge in [-0.3, -0.25) is 4.79 Å². The zero-order chi connectivity index (χ0) is 23.8. The molecule has 2 N–H and O–H groups in total. The van der Waals surface area contributed by atoms with Crippen LogP contribution in [0.3, 0.4) is 0 Å². The largest absolute Gasteiger partial charge is 0.444 e. The summed E-state index contributed by atoms with van der Waals surface area (Å²) in [5.41, 5.74) is -0.326. The Bertz CT molecular complexity index is 1080. The second kappa shape index (κ2) is 9.48. The van der Waals surface area contributed by atoms with Gasteiger partial charge in [0, 0.05) is 18.3 Å². The highest BCUT2D eigenvalue weighted by molar-refractivity contribution is 7.99. The van der Waals surface area contributed by atoms with E-state index in [1.807, 2.05) is 0 Å². The lowest BCUT2D eigenvalue weighted by Crippen LogP contribution is -2.35. The van der Waals surface area contributed by atoms with Gasteiger partial charge < -0.3 is 19.9 Å². The Morgan fingerprint density at radius 2 is 2.03 bits per heavy atom. The van der Waals surface area contributed by atoms with E-state index in [9.17, 15) is 18.4 Å². The number of carbonyl (C=O) groups excluding carboxylic acids is 1. The van der Waals surface area contributed by atoms with Crippen LogP contribution in [0, 0.1) is 5.82 Å². The quantitative estimate of drug-likeness (QED) is 0.650. The van der Waals surface area contributed by atoms with Crippen LogP contribution in [0.2, 0.25) is 0 Å². The summed E-state index contributed by atoms with van der Waals surface area (Å²) in [6.45, 7) is 5.47. The predicted octanol–water partition coefficient (Wildman–Crippen LogP) is 4.61. The number of amides is 1. The summed E-state index contributed by atoms with van der Waals surface area (Å²) in [7, 11) is 0. The number of thioether (sulfide) groups is 1. The second-order valence-electron chi connectivity index (χ2n) is 9.74. The molecule has 1 aromatic carbocycles. The van der Waals surface area contributed by atoms with E-state index in [1.54, 1.807) is 26.8 Å². The number of nitrogens with one attached hydrogen (secondary N) is 2. The summed E-state index contributed by atoms with van der Waals surface area (Å²) in [6, 6.07) is 3.33. The van der Waals surface area contributed by atoms with Crippen LogP contribution < -0.4 is 10.9 Å². The van der Waals surface area contributed by atoms with E-state index in [2.05, 4.69) is 15.3 Å². The molecule has 2 unspecified atom stereocenters. The molecule has 1 amide bonds. The topological polar surface area (TPSA) is 87.3 Å². The van der Waals surface area contributed by atoms with Crippen LogP contribution in [0.4, 0.5) is 19.3 Å². The van der Waals surface area contributed by atoms with Gasteiger partial charge in [0.2, 0.25) is 0 Å². The molecule has 0 bridgehead atoms. The minimum atomic E-state index is -1.21. The number of aromatic amines is 1. The van der Waals surface area contributed by atoms with E-state index in [0.717, 1.165) is 25.7 Å². The van der Waals surface area contributed by atoms with E-state index >= 15 is 0 Å². The Kier molecular flexibility index (Phi) is 6.83. The number of fused-ring (bicyclic) bond motifs is 1. The van der Waals surface area contributed by atoms with Crippen molar-refractivity contribution in [2.24, 2.45) is 0 Å². The minimum absolute atomic E-state index is 0.0321. The number of alkyl halides is 1. The number of hydrogen-bond acceptors (Lipinski definition) is 6. The molecule has 180 valence electrons. The first-order chi connectivity index (χ1) is 15.6. The van der Waals surface area contributed by atoms with Gasteiger partial charge in [0.05, 0.1) is 23.1 Å². The maximum Gasteiger partial charge on any atom is 0.410 e. The van der Waals surface area contributed by atoms with Crippen LogP contribution >= 0.6 is 11.8 Å². The zero-order valence-corrected chi connectivity index (χ0v) is 19.9. The molecule has 10 heteroatoms. The molecule has 7 nitrogen and oxygen atoms in total. The second-order valence-corrected chi connectivity index (χ2v) is 11.0. The standard InChI is InChI=1S/C23H30F2N4O3S/c1-23(2,3)32-22(31)29-10-16(25)18(11-29)33-12-19-27-17-9-14(26-13-6-4-5-7-13)8-15(24)20(17)21(30)28-19/h8-9,13,16,18,26H,4-7,10-12H2,1-3H3,(H,27,28,30). The summed E-state index contributed by atoms with van der Waals surface area (Å²) < 4.78 is 34.5. The highest BCUT2D eigenvalue weighted by atomic mass is 32.2. The van der Waals surface area contributed by atoms with Crippen molar-refractivity contribution < 1.29 is 18.3 Å². The molecular weight excluding hydrogens is 450 g/mol. The molecule has 1 saturated heterocycles. The van der Waals surface area contributed by atoms with E-state index in [0.29, 0.717) is 17.6 Å². The highest BCUT2D eigenvalue weighted by Gasteiger charge is 2.37. The third kappa shape index (κ3) is 5.77. The summed E-state index contributed by atoms with van der Waals surface area (Å²) >= 11 is 1.27. The van der Waals surface area contributed by atoms with Gasteiger partial charge in [0.25, 0.3) is 5.56 Å². The van der Waals surface area contributed by atoms with Gasteiger partial charge in [-0.2, -0.15) is 0 Å². The average Bonchev–Trinajstić information content (AvgIpc) is 3.34. The molecule has 2 aromatic rings. The van der Waals surface area contributed by atoms with Crippen molar-refractivity contribution in [3.8, 4) is 0 Å². The lowest BCUT2D eigenvalue weighted by molar-refractivity contribution is 0.0284. The van der Waals surface area contributed by atoms with Gasteiger partial charge in [-0.1, -0.05) is 12.8 Å². The lowest BCUT2D eigenvalue weighted by Gasteiger charge is -2.24. The number of halogens is 2. The first kappa shape index (κ1) is 23.8. The molecule has 0 spiro atoms. The third-order valence-corrected chi connectivity index (χ3v) is 7.13. The predicted molar refractivity (Wildman–Crippen MR) is 126 cm³/mol. The number of ether oxygens (including phenoxy) is 1. The molecule has 2 aliphatic rings. The number of nitrogens with zero attached hydrogens (tertiary/aromatic N) is 2. The van der Waals surface area contributed by atoms with Crippen LogP contribution in [0.15, 0.2) is 16.9 Å². The van der Waals surface area contributed by atoms with Gasteiger partial charge in [-0.05, 0) is 45.7 Å². The average molecular weight is 481 g/mol. The fourth-order valence-corrected chi connectivity index (χ4v) is 5.37. The fourth-order valence-electron chi connectivity index (χ4n) is 4.28. The van der Waals surface area contributed by atoms with Crippen molar-refractivity contribution in [3.05, 3.63) is 34.1 Å². The van der Waals surface area contributed by atoms with Crippen LogP contribution in [-0.2, 0) is 10.5 Å². The monoisotopic (exact) mass is 480 g/mol. The smallest absolute Gasteiger partial charge is 0.410 e. The van der Waals surface area contributed by atoms with Gasteiger partial charge in [0.1, 0.15) is 28.8 Å². The molecule has 2 heterocycles. The van der Waals surface area contributed by atoms with Gasteiger partial charge in [0.15, 0.2) is 0 Å². The number of H-pyrrole nitrogens is 1. The SMILES string of the molecule is CC(C)(C)OC(=O)N1CC(F)C(SCc2nc3cc(NC4CCCC4)cc(F)c3c(=O)[nH]2)C1. The van der Waals surface area contributed by atoms with Crippen molar-refractivity contribution in [1.29, 1.82) is 0 Å². The Labute approximate surface area is 195 Å². The minimum Gasteiger partial charge on any atom is -0.444 e. The first-order valence-corrected chi connectivity index (χ1v) is 12.4. The number of benzene rings is 1. The van der Waals surface area contributed by atoms with Crippen molar-refractivity contribution in [2.75, 3.05) is 18.4 Å². The van der Waals surface area contributed by atoms with Crippen LogP contribution in [0.1, 0.15) is 52.3 Å². The lowest BCUT2D eigenvalue weighted by atomic mass is 10.2. The Morgan fingerprint density at radius 3 is 2.73 bits per heavy atom. The van der Waals surface area contributed by atoms with E-state index < -0.39 is 34.5 Å². The van der Waals surface area contributed by atoms with Crippen molar-refractivity contribution in [3.63, 3.8) is 0 Å². The third-order valence-electron chi connectivity index (χ3n) is 5.82. The number of rotatable bonds is 5. The number of aromatic nitrogens is 2. The van der Waals surface area contributed by atoms with Crippen LogP contribution in [0.5, 0.6) is 0 Å². The maximum atomic E-state index is 14.6. The fraction of sp³-hybridized carbons (Fsp3) is 0.609. The highest BCUT2D eigenvalue weighted by Crippen LogP contribution is 2.29. The van der Waals surface area contributed by atoms with E-state index in [1.165, 1.54) is 22.7 Å². The van der Waals surface area contributed by atoms with Gasteiger partial charge in [-0.25, -0.2) is 18.6 Å². The number of carbonyl (C=O) groups is 1. The van der Waals surface area contributed by atoms with Crippen molar-refractivity contribution in [2.45, 2.75) is 75.3 Å². The van der Waals surface area contributed by atoms with Gasteiger partial charge in [-0.15, -0.1) is 11.8 Å². The first-order valence-electron chi connectivity index (χ1n) is 11.3. The summed E-state index contributed by atoms with van der Waals surface area (Å²) in [4.78, 5) is 33.1. The molecular formula is C23H30F2N4O3S. The Hall–Kier alpha value is -2.36. The normalized spacial score (nSPS) is 21.7.